The van der Waals surface area contributed by atoms with Crippen LogP contribution in [0.4, 0.5) is 0 Å². The number of rotatable bonds is 4. The van der Waals surface area contributed by atoms with Crippen LogP contribution >= 0.6 is 0 Å². The average molecular weight is 247 g/mol. The van der Waals surface area contributed by atoms with E-state index in [1.165, 1.54) is 30.4 Å². The van der Waals surface area contributed by atoms with Crippen molar-refractivity contribution in [3.8, 4) is 0 Å². The lowest BCUT2D eigenvalue weighted by atomic mass is 9.75. The topological polar surface area (TPSA) is 35.2 Å². The highest BCUT2D eigenvalue weighted by atomic mass is 16.5. The number of ether oxygens (including phenoxy) is 1. The summed E-state index contributed by atoms with van der Waals surface area (Å²) in [5, 5.41) is 0. The van der Waals surface area contributed by atoms with E-state index in [4.69, 9.17) is 10.5 Å². The van der Waals surface area contributed by atoms with Crippen molar-refractivity contribution in [2.45, 2.75) is 44.6 Å². The molecule has 100 valence electrons. The molecule has 1 aromatic carbocycles. The normalized spacial score (nSPS) is 25.3. The van der Waals surface area contributed by atoms with Gasteiger partial charge >= 0.3 is 0 Å². The number of aryl methyl sites for hydroxylation is 1. The lowest BCUT2D eigenvalue weighted by Gasteiger charge is -2.36. The van der Waals surface area contributed by atoms with E-state index in [0.717, 1.165) is 19.4 Å². The quantitative estimate of drug-likeness (QED) is 0.829. The summed E-state index contributed by atoms with van der Waals surface area (Å²) in [6.45, 7) is 3.06. The van der Waals surface area contributed by atoms with E-state index in [2.05, 4.69) is 31.2 Å². The van der Waals surface area contributed by atoms with Crippen LogP contribution in [0, 0.1) is 5.92 Å². The zero-order valence-electron chi connectivity index (χ0n) is 11.6. The maximum Gasteiger partial charge on any atom is 0.0465 e. The summed E-state index contributed by atoms with van der Waals surface area (Å²) in [7, 11) is 1.76. The fourth-order valence-corrected chi connectivity index (χ4v) is 3.12. The molecule has 0 amide bonds. The van der Waals surface area contributed by atoms with Gasteiger partial charge in [-0.2, -0.15) is 0 Å². The first-order chi connectivity index (χ1) is 8.68. The van der Waals surface area contributed by atoms with Gasteiger partial charge in [0.1, 0.15) is 0 Å². The van der Waals surface area contributed by atoms with Crippen molar-refractivity contribution in [2.75, 3.05) is 13.7 Å². The van der Waals surface area contributed by atoms with Gasteiger partial charge in [0.05, 0.1) is 0 Å². The number of benzene rings is 1. The van der Waals surface area contributed by atoms with Crippen molar-refractivity contribution in [3.05, 3.63) is 35.4 Å². The molecular weight excluding hydrogens is 222 g/mol. The Bertz CT molecular complexity index is 390. The maximum atomic E-state index is 6.80. The van der Waals surface area contributed by atoms with Crippen LogP contribution in [0.2, 0.25) is 0 Å². The first kappa shape index (κ1) is 13.6. The fourth-order valence-electron chi connectivity index (χ4n) is 3.12. The standard InChI is InChI=1S/C16H25NO/c1-13(10-12-18-2)16(17)11-6-5-8-14-7-3-4-9-15(14)16/h3-4,7,9,13H,5-6,8,10-12,17H2,1-2H3. The molecule has 0 spiro atoms. The van der Waals surface area contributed by atoms with Crippen LogP contribution in [0.15, 0.2) is 24.3 Å². The summed E-state index contributed by atoms with van der Waals surface area (Å²) in [5.41, 5.74) is 9.44. The molecule has 1 aromatic rings. The molecule has 2 rings (SSSR count). The molecule has 2 unspecified atom stereocenters. The second kappa shape index (κ2) is 5.85. The highest BCUT2D eigenvalue weighted by molar-refractivity contribution is 5.35. The molecule has 1 aliphatic rings. The van der Waals surface area contributed by atoms with Crippen LogP contribution in [-0.4, -0.2) is 13.7 Å². The van der Waals surface area contributed by atoms with Crippen molar-refractivity contribution in [3.63, 3.8) is 0 Å². The average Bonchev–Trinajstić information content (AvgIpc) is 2.57. The van der Waals surface area contributed by atoms with Crippen molar-refractivity contribution < 1.29 is 4.74 Å². The van der Waals surface area contributed by atoms with Gasteiger partial charge < -0.3 is 10.5 Å². The van der Waals surface area contributed by atoms with Gasteiger partial charge in [0.25, 0.3) is 0 Å². The Morgan fingerprint density at radius 1 is 1.33 bits per heavy atom. The van der Waals surface area contributed by atoms with Crippen LogP contribution in [0.3, 0.4) is 0 Å². The minimum atomic E-state index is -0.175. The van der Waals surface area contributed by atoms with Crippen LogP contribution in [0.25, 0.3) is 0 Å². The molecule has 2 nitrogen and oxygen atoms in total. The monoisotopic (exact) mass is 247 g/mol. The minimum Gasteiger partial charge on any atom is -0.385 e. The molecule has 0 saturated heterocycles. The van der Waals surface area contributed by atoms with E-state index >= 15 is 0 Å². The van der Waals surface area contributed by atoms with E-state index in [-0.39, 0.29) is 5.54 Å². The molecule has 0 bridgehead atoms. The number of methoxy groups -OCH3 is 1. The molecule has 1 aliphatic carbocycles. The summed E-state index contributed by atoms with van der Waals surface area (Å²) in [5.74, 6) is 0.455. The third kappa shape index (κ3) is 2.60. The molecule has 0 saturated carbocycles. The summed E-state index contributed by atoms with van der Waals surface area (Å²) in [6.07, 6.45) is 5.78. The molecule has 0 aliphatic heterocycles. The predicted octanol–water partition coefficient (Wildman–Crippen LogP) is 3.24. The molecular formula is C16H25NO. The van der Waals surface area contributed by atoms with Crippen LogP contribution in [-0.2, 0) is 16.7 Å². The van der Waals surface area contributed by atoms with E-state index in [1.54, 1.807) is 7.11 Å². The van der Waals surface area contributed by atoms with Gasteiger partial charge in [0, 0.05) is 19.3 Å². The summed E-state index contributed by atoms with van der Waals surface area (Å²) in [6, 6.07) is 8.72. The molecule has 0 heterocycles. The van der Waals surface area contributed by atoms with Crippen molar-refractivity contribution in [1.82, 2.24) is 0 Å². The predicted molar refractivity (Wildman–Crippen MR) is 75.5 cm³/mol. The minimum absolute atomic E-state index is 0.175. The van der Waals surface area contributed by atoms with Crippen LogP contribution < -0.4 is 5.73 Å². The molecule has 0 aromatic heterocycles. The number of hydrogen-bond donors (Lipinski definition) is 1. The summed E-state index contributed by atoms with van der Waals surface area (Å²) >= 11 is 0. The number of fused-ring (bicyclic) bond motifs is 1. The lowest BCUT2D eigenvalue weighted by molar-refractivity contribution is 0.150. The highest BCUT2D eigenvalue weighted by Gasteiger charge is 2.35. The van der Waals surface area contributed by atoms with E-state index < -0.39 is 0 Å². The Balaban J connectivity index is 2.30. The van der Waals surface area contributed by atoms with Crippen molar-refractivity contribution in [2.24, 2.45) is 11.7 Å². The van der Waals surface area contributed by atoms with Gasteiger partial charge in [-0.25, -0.2) is 0 Å². The number of hydrogen-bond acceptors (Lipinski definition) is 2. The molecule has 2 heteroatoms. The first-order valence-corrected chi connectivity index (χ1v) is 7.04. The SMILES string of the molecule is COCCC(C)C1(N)CCCCc2ccccc21. The van der Waals surface area contributed by atoms with E-state index in [1.807, 2.05) is 0 Å². The second-order valence-corrected chi connectivity index (χ2v) is 5.59. The highest BCUT2D eigenvalue weighted by Crippen LogP contribution is 2.38. The summed E-state index contributed by atoms with van der Waals surface area (Å²) in [4.78, 5) is 0. The van der Waals surface area contributed by atoms with Gasteiger partial charge in [0.15, 0.2) is 0 Å². The summed E-state index contributed by atoms with van der Waals surface area (Å²) < 4.78 is 5.21. The first-order valence-electron chi connectivity index (χ1n) is 7.04. The van der Waals surface area contributed by atoms with Crippen molar-refractivity contribution in [1.29, 1.82) is 0 Å². The zero-order chi connectivity index (χ0) is 13.0. The van der Waals surface area contributed by atoms with Crippen LogP contribution in [0.1, 0.15) is 43.7 Å². The Kier molecular flexibility index (Phi) is 4.41. The third-order valence-electron chi connectivity index (χ3n) is 4.44. The second-order valence-electron chi connectivity index (χ2n) is 5.59. The largest absolute Gasteiger partial charge is 0.385 e. The van der Waals surface area contributed by atoms with Gasteiger partial charge in [-0.15, -0.1) is 0 Å². The Labute approximate surface area is 111 Å². The van der Waals surface area contributed by atoms with Gasteiger partial charge in [0.2, 0.25) is 0 Å². The number of nitrogens with two attached hydrogens (primary N) is 1. The maximum absolute atomic E-state index is 6.80. The van der Waals surface area contributed by atoms with Gasteiger partial charge in [-0.3, -0.25) is 0 Å². The molecule has 2 N–H and O–H groups in total. The van der Waals surface area contributed by atoms with Crippen LogP contribution in [0.5, 0.6) is 0 Å². The molecule has 0 radical (unpaired) electrons. The zero-order valence-corrected chi connectivity index (χ0v) is 11.6. The Morgan fingerprint density at radius 2 is 2.11 bits per heavy atom. The third-order valence-corrected chi connectivity index (χ3v) is 4.44. The fraction of sp³-hybridized carbons (Fsp3) is 0.625. The van der Waals surface area contributed by atoms with Crippen molar-refractivity contribution >= 4 is 0 Å². The molecule has 0 fully saturated rings. The smallest absolute Gasteiger partial charge is 0.0465 e. The molecule has 18 heavy (non-hydrogen) atoms. The van der Waals surface area contributed by atoms with Gasteiger partial charge in [-0.1, -0.05) is 37.6 Å². The van der Waals surface area contributed by atoms with E-state index in [9.17, 15) is 0 Å². The van der Waals surface area contributed by atoms with Gasteiger partial charge in [-0.05, 0) is 42.7 Å². The molecule has 2 atom stereocenters. The Hall–Kier alpha value is -0.860. The lowest BCUT2D eigenvalue weighted by Crippen LogP contribution is -2.43. The van der Waals surface area contributed by atoms with E-state index in [0.29, 0.717) is 5.92 Å². The Morgan fingerprint density at radius 3 is 2.89 bits per heavy atom.